The summed E-state index contributed by atoms with van der Waals surface area (Å²) in [4.78, 5) is 0. The SMILES string of the molecule is COCC[C@H]1CC[C@@H]2[C@H]([C@H](O)C[C@]3(C)[C@@H]([C@@H](C)Cn4cc(C#N)cn4)CC[C@@H]23)[C@@]1(C)CCCO. The zero-order valence-electron chi connectivity index (χ0n) is 21.6. The van der Waals surface area contributed by atoms with Crippen LogP contribution in [0, 0.1) is 57.7 Å². The average molecular weight is 472 g/mol. The van der Waals surface area contributed by atoms with Gasteiger partial charge in [0.1, 0.15) is 6.07 Å². The van der Waals surface area contributed by atoms with Crippen LogP contribution in [0.25, 0.3) is 0 Å². The van der Waals surface area contributed by atoms with Gasteiger partial charge in [-0.3, -0.25) is 4.68 Å². The van der Waals surface area contributed by atoms with Gasteiger partial charge >= 0.3 is 0 Å². The van der Waals surface area contributed by atoms with E-state index >= 15 is 0 Å². The van der Waals surface area contributed by atoms with Crippen molar-refractivity contribution in [3.63, 3.8) is 0 Å². The largest absolute Gasteiger partial charge is 0.396 e. The minimum atomic E-state index is -0.289. The number of ether oxygens (including phenoxy) is 1. The van der Waals surface area contributed by atoms with Crippen molar-refractivity contribution in [3.8, 4) is 6.07 Å². The van der Waals surface area contributed by atoms with E-state index in [0.29, 0.717) is 41.1 Å². The molecular weight excluding hydrogens is 426 g/mol. The van der Waals surface area contributed by atoms with Crippen LogP contribution in [-0.4, -0.2) is 46.4 Å². The molecule has 0 aromatic carbocycles. The van der Waals surface area contributed by atoms with E-state index in [1.165, 1.54) is 25.7 Å². The number of rotatable bonds is 9. The average Bonchev–Trinajstić information content (AvgIpc) is 3.40. The second-order valence-corrected chi connectivity index (χ2v) is 12.2. The fourth-order valence-electron chi connectivity index (χ4n) is 9.16. The molecule has 4 rings (SSSR count). The van der Waals surface area contributed by atoms with Crippen LogP contribution in [0.1, 0.15) is 77.7 Å². The Bertz CT molecular complexity index is 865. The summed E-state index contributed by atoms with van der Waals surface area (Å²) in [7, 11) is 1.78. The van der Waals surface area contributed by atoms with Gasteiger partial charge in [-0.1, -0.05) is 20.8 Å². The molecule has 3 aliphatic carbocycles. The highest BCUT2D eigenvalue weighted by atomic mass is 16.5. The van der Waals surface area contributed by atoms with Gasteiger partial charge in [-0.2, -0.15) is 10.4 Å². The minimum absolute atomic E-state index is 0.0530. The normalized spacial score (nSPS) is 40.4. The van der Waals surface area contributed by atoms with E-state index in [2.05, 4.69) is 31.9 Å². The molecule has 0 spiro atoms. The second kappa shape index (κ2) is 10.3. The van der Waals surface area contributed by atoms with Crippen LogP contribution in [0.5, 0.6) is 0 Å². The number of nitrogens with zero attached hydrogens (tertiary/aromatic N) is 3. The first-order valence-electron chi connectivity index (χ1n) is 13.5. The molecule has 3 saturated carbocycles. The third kappa shape index (κ3) is 4.45. The number of hydrogen-bond donors (Lipinski definition) is 2. The summed E-state index contributed by atoms with van der Waals surface area (Å²) in [5.74, 6) is 3.07. The van der Waals surface area contributed by atoms with Crippen LogP contribution >= 0.6 is 0 Å². The number of methoxy groups -OCH3 is 1. The Morgan fingerprint density at radius 1 is 1.29 bits per heavy atom. The van der Waals surface area contributed by atoms with Crippen LogP contribution in [0.3, 0.4) is 0 Å². The summed E-state index contributed by atoms with van der Waals surface area (Å²) in [6, 6.07) is 2.18. The topological polar surface area (TPSA) is 91.3 Å². The predicted molar refractivity (Wildman–Crippen MR) is 132 cm³/mol. The molecular formula is C28H45N3O3. The molecule has 1 aromatic rings. The minimum Gasteiger partial charge on any atom is -0.396 e. The van der Waals surface area contributed by atoms with Gasteiger partial charge in [0.2, 0.25) is 0 Å². The zero-order valence-corrected chi connectivity index (χ0v) is 21.6. The van der Waals surface area contributed by atoms with Crippen molar-refractivity contribution in [3.05, 3.63) is 18.0 Å². The van der Waals surface area contributed by atoms with E-state index in [4.69, 9.17) is 10.00 Å². The molecule has 0 unspecified atom stereocenters. The second-order valence-electron chi connectivity index (χ2n) is 12.2. The number of nitriles is 1. The van der Waals surface area contributed by atoms with Gasteiger partial charge in [-0.25, -0.2) is 0 Å². The summed E-state index contributed by atoms with van der Waals surface area (Å²) < 4.78 is 7.38. The fraction of sp³-hybridized carbons (Fsp3) is 0.857. The van der Waals surface area contributed by atoms with Gasteiger partial charge in [0.05, 0.1) is 17.9 Å². The maximum Gasteiger partial charge on any atom is 0.102 e. The van der Waals surface area contributed by atoms with E-state index in [0.717, 1.165) is 38.8 Å². The van der Waals surface area contributed by atoms with Gasteiger partial charge in [0, 0.05) is 33.1 Å². The standard InChI is InChI=1S/C28H45N3O3/c1-19(17-31-18-20(15-29)16-30-31)23-8-9-24-22-7-6-21(10-13-34-4)27(2,11-5-12-32)26(22)25(33)14-28(23,24)3/h16,18-19,21-26,32-33H,5-14,17H2,1-4H3/t19-,21+,22-,23+,24-,25+,26+,27-,28+/m0/s1. The van der Waals surface area contributed by atoms with Crippen molar-refractivity contribution in [2.45, 2.75) is 84.8 Å². The van der Waals surface area contributed by atoms with E-state index < -0.39 is 0 Å². The Labute approximate surface area is 205 Å². The lowest BCUT2D eigenvalue weighted by Crippen LogP contribution is -2.58. The summed E-state index contributed by atoms with van der Waals surface area (Å²) >= 11 is 0. The van der Waals surface area contributed by atoms with Crippen molar-refractivity contribution < 1.29 is 14.9 Å². The Balaban J connectivity index is 1.55. The van der Waals surface area contributed by atoms with Crippen LogP contribution in [0.4, 0.5) is 0 Å². The van der Waals surface area contributed by atoms with Gasteiger partial charge in [0.15, 0.2) is 0 Å². The van der Waals surface area contributed by atoms with Crippen molar-refractivity contribution in [2.24, 2.45) is 46.3 Å². The van der Waals surface area contributed by atoms with Crippen molar-refractivity contribution in [1.82, 2.24) is 9.78 Å². The Morgan fingerprint density at radius 3 is 2.76 bits per heavy atom. The molecule has 34 heavy (non-hydrogen) atoms. The van der Waals surface area contributed by atoms with Crippen molar-refractivity contribution in [1.29, 1.82) is 5.26 Å². The predicted octanol–water partition coefficient (Wildman–Crippen LogP) is 4.65. The first kappa shape index (κ1) is 25.7. The molecule has 2 N–H and O–H groups in total. The Kier molecular flexibility index (Phi) is 7.77. The molecule has 9 atom stereocenters. The third-order valence-corrected chi connectivity index (χ3v) is 10.5. The maximum atomic E-state index is 11.8. The first-order valence-corrected chi connectivity index (χ1v) is 13.5. The Morgan fingerprint density at radius 2 is 2.09 bits per heavy atom. The lowest BCUT2D eigenvalue weighted by molar-refractivity contribution is -0.168. The van der Waals surface area contributed by atoms with Gasteiger partial charge in [0.25, 0.3) is 0 Å². The molecule has 190 valence electrons. The summed E-state index contributed by atoms with van der Waals surface area (Å²) in [5.41, 5.74) is 0.811. The molecule has 0 bridgehead atoms. The number of aromatic nitrogens is 2. The molecule has 1 aromatic heterocycles. The van der Waals surface area contributed by atoms with Crippen LogP contribution < -0.4 is 0 Å². The first-order chi connectivity index (χ1) is 16.3. The van der Waals surface area contributed by atoms with E-state index in [1.807, 2.05) is 10.9 Å². The molecule has 3 fully saturated rings. The molecule has 0 radical (unpaired) electrons. The smallest absolute Gasteiger partial charge is 0.102 e. The lowest BCUT2D eigenvalue weighted by atomic mass is 9.44. The van der Waals surface area contributed by atoms with Crippen molar-refractivity contribution in [2.75, 3.05) is 20.3 Å². The molecule has 6 nitrogen and oxygen atoms in total. The quantitative estimate of drug-likeness (QED) is 0.547. The molecule has 0 amide bonds. The molecule has 0 saturated heterocycles. The number of fused-ring (bicyclic) bond motifs is 3. The van der Waals surface area contributed by atoms with Gasteiger partial charge in [-0.05, 0) is 97.7 Å². The number of hydrogen-bond acceptors (Lipinski definition) is 5. The highest BCUT2D eigenvalue weighted by molar-refractivity contribution is 5.21. The third-order valence-electron chi connectivity index (χ3n) is 10.5. The molecule has 1 heterocycles. The molecule has 6 heteroatoms. The fourth-order valence-corrected chi connectivity index (χ4v) is 9.16. The summed E-state index contributed by atoms with van der Waals surface area (Å²) in [5, 5.41) is 35.0. The van der Waals surface area contributed by atoms with Gasteiger partial charge in [-0.15, -0.1) is 0 Å². The Hall–Kier alpha value is -1.42. The van der Waals surface area contributed by atoms with Crippen molar-refractivity contribution >= 4 is 0 Å². The maximum absolute atomic E-state index is 11.8. The lowest BCUT2D eigenvalue weighted by Gasteiger charge is -2.61. The van der Waals surface area contributed by atoms with E-state index in [1.54, 1.807) is 13.3 Å². The van der Waals surface area contributed by atoms with E-state index in [-0.39, 0.29) is 23.5 Å². The molecule has 3 aliphatic rings. The van der Waals surface area contributed by atoms with Gasteiger partial charge < -0.3 is 14.9 Å². The number of aliphatic hydroxyl groups excluding tert-OH is 2. The summed E-state index contributed by atoms with van der Waals surface area (Å²) in [6.45, 7) is 9.02. The monoisotopic (exact) mass is 471 g/mol. The highest BCUT2D eigenvalue weighted by Gasteiger charge is 2.62. The molecule has 0 aliphatic heterocycles. The van der Waals surface area contributed by atoms with Crippen LogP contribution in [0.15, 0.2) is 12.4 Å². The van der Waals surface area contributed by atoms with Crippen LogP contribution in [0.2, 0.25) is 0 Å². The van der Waals surface area contributed by atoms with Crippen LogP contribution in [-0.2, 0) is 11.3 Å². The highest BCUT2D eigenvalue weighted by Crippen LogP contribution is 2.67. The summed E-state index contributed by atoms with van der Waals surface area (Å²) in [6.07, 6.45) is 11.8. The number of aliphatic hydroxyl groups is 2. The van der Waals surface area contributed by atoms with E-state index in [9.17, 15) is 10.2 Å². The zero-order chi connectivity index (χ0) is 24.5.